The molecule has 0 aliphatic heterocycles. The molecule has 0 aromatic heterocycles. The number of nitro benzene ring substituents is 1. The fourth-order valence-electron chi connectivity index (χ4n) is 1.87. The zero-order chi connectivity index (χ0) is 16.2. The number of nitrogens with zero attached hydrogens (tertiary/aromatic N) is 1. The Morgan fingerprint density at radius 2 is 1.95 bits per heavy atom. The maximum atomic E-state index is 12.1. The lowest BCUT2D eigenvalue weighted by Gasteiger charge is -2.28. The van der Waals surface area contributed by atoms with Crippen molar-refractivity contribution in [1.29, 1.82) is 0 Å². The molecule has 0 aliphatic rings. The molecule has 0 spiro atoms. The van der Waals surface area contributed by atoms with E-state index in [9.17, 15) is 24.8 Å². The second-order valence-corrected chi connectivity index (χ2v) is 4.88. The lowest BCUT2D eigenvalue weighted by molar-refractivity contribution is -0.384. The minimum Gasteiger partial charge on any atom is -0.480 e. The molecule has 114 valence electrons. The topological polar surface area (TPSA) is 110 Å². The minimum absolute atomic E-state index is 0.0152. The number of amides is 1. The minimum atomic E-state index is -1.40. The van der Waals surface area contributed by atoms with Gasteiger partial charge in [-0.2, -0.15) is 0 Å². The molecule has 7 nitrogen and oxygen atoms in total. The number of carbonyl (C=O) groups excluding carboxylic acids is 1. The molecule has 0 radical (unpaired) electrons. The summed E-state index contributed by atoms with van der Waals surface area (Å²) in [5, 5.41) is 22.4. The first-order valence-electron chi connectivity index (χ1n) is 6.27. The van der Waals surface area contributed by atoms with Gasteiger partial charge in [-0.15, -0.1) is 0 Å². The van der Waals surface area contributed by atoms with Crippen LogP contribution in [0.1, 0.15) is 37.0 Å². The third kappa shape index (κ3) is 3.49. The van der Waals surface area contributed by atoms with Gasteiger partial charge in [0.25, 0.3) is 11.6 Å². The van der Waals surface area contributed by atoms with E-state index in [0.717, 1.165) is 6.07 Å². The Morgan fingerprint density at radius 3 is 2.38 bits per heavy atom. The summed E-state index contributed by atoms with van der Waals surface area (Å²) in [6, 6.07) is 3.56. The first-order valence-corrected chi connectivity index (χ1v) is 6.65. The zero-order valence-electron chi connectivity index (χ0n) is 11.6. The van der Waals surface area contributed by atoms with E-state index in [1.807, 2.05) is 0 Å². The van der Waals surface area contributed by atoms with Crippen LogP contribution in [0.25, 0.3) is 0 Å². The molecule has 8 heteroatoms. The molecule has 2 N–H and O–H groups in total. The van der Waals surface area contributed by atoms with Gasteiger partial charge >= 0.3 is 5.97 Å². The molecule has 0 heterocycles. The van der Waals surface area contributed by atoms with Crippen LogP contribution in [0.3, 0.4) is 0 Å². The van der Waals surface area contributed by atoms with Gasteiger partial charge in [0.15, 0.2) is 0 Å². The van der Waals surface area contributed by atoms with Crippen LogP contribution in [0.15, 0.2) is 18.2 Å². The fourth-order valence-corrected chi connectivity index (χ4v) is 2.05. The lowest BCUT2D eigenvalue weighted by atomic mass is 9.92. The second kappa shape index (κ2) is 6.53. The molecular weight excluding hydrogens is 300 g/mol. The van der Waals surface area contributed by atoms with Gasteiger partial charge in [-0.1, -0.05) is 25.4 Å². The van der Waals surface area contributed by atoms with E-state index in [0.29, 0.717) is 0 Å². The monoisotopic (exact) mass is 314 g/mol. The zero-order valence-corrected chi connectivity index (χ0v) is 12.3. The van der Waals surface area contributed by atoms with Crippen LogP contribution in [-0.4, -0.2) is 27.4 Å². The van der Waals surface area contributed by atoms with Gasteiger partial charge in [-0.05, 0) is 25.0 Å². The van der Waals surface area contributed by atoms with Gasteiger partial charge in [0.05, 0.1) is 4.92 Å². The molecule has 1 aromatic carbocycles. The van der Waals surface area contributed by atoms with Crippen LogP contribution in [0.2, 0.25) is 5.02 Å². The average molecular weight is 315 g/mol. The summed E-state index contributed by atoms with van der Waals surface area (Å²) in [5.41, 5.74) is -1.82. The Morgan fingerprint density at radius 1 is 1.38 bits per heavy atom. The maximum absolute atomic E-state index is 12.1. The van der Waals surface area contributed by atoms with Gasteiger partial charge in [-0.3, -0.25) is 14.9 Å². The van der Waals surface area contributed by atoms with Crippen molar-refractivity contribution in [2.45, 2.75) is 32.2 Å². The number of aliphatic carboxylic acids is 1. The van der Waals surface area contributed by atoms with Crippen LogP contribution in [0.5, 0.6) is 0 Å². The van der Waals surface area contributed by atoms with E-state index < -0.39 is 28.0 Å². The Kier molecular flexibility index (Phi) is 5.26. The number of halogens is 1. The first-order chi connectivity index (χ1) is 9.77. The largest absolute Gasteiger partial charge is 0.480 e. The van der Waals surface area contributed by atoms with E-state index >= 15 is 0 Å². The van der Waals surface area contributed by atoms with E-state index in [2.05, 4.69) is 5.32 Å². The molecule has 1 rings (SSSR count). The summed E-state index contributed by atoms with van der Waals surface area (Å²) in [6.45, 7) is 3.28. The van der Waals surface area contributed by atoms with Crippen molar-refractivity contribution in [2.75, 3.05) is 0 Å². The third-order valence-corrected chi connectivity index (χ3v) is 3.69. The lowest BCUT2D eigenvalue weighted by Crippen LogP contribution is -2.53. The smallest absolute Gasteiger partial charge is 0.329 e. The van der Waals surface area contributed by atoms with Crippen molar-refractivity contribution in [1.82, 2.24) is 5.32 Å². The van der Waals surface area contributed by atoms with Gasteiger partial charge in [0, 0.05) is 11.6 Å². The molecular formula is C13H15ClN2O5. The van der Waals surface area contributed by atoms with Crippen LogP contribution in [-0.2, 0) is 4.79 Å². The molecule has 0 saturated heterocycles. The number of carbonyl (C=O) groups is 2. The van der Waals surface area contributed by atoms with Gasteiger partial charge in [0.2, 0.25) is 0 Å². The fraction of sp³-hybridized carbons (Fsp3) is 0.385. The third-order valence-electron chi connectivity index (χ3n) is 3.37. The normalized spacial score (nSPS) is 11.0. The molecule has 1 aromatic rings. The molecule has 0 saturated carbocycles. The highest BCUT2D eigenvalue weighted by molar-refractivity contribution is 6.32. The number of nitro groups is 1. The van der Waals surface area contributed by atoms with Crippen molar-refractivity contribution >= 4 is 29.2 Å². The summed E-state index contributed by atoms with van der Waals surface area (Å²) in [7, 11) is 0. The highest BCUT2D eigenvalue weighted by Gasteiger charge is 2.36. The van der Waals surface area contributed by atoms with Crippen molar-refractivity contribution < 1.29 is 19.6 Å². The number of carboxylic acids is 1. The Balaban J connectivity index is 3.12. The highest BCUT2D eigenvalue weighted by Crippen LogP contribution is 2.25. The molecule has 0 aliphatic carbocycles. The molecule has 1 amide bonds. The van der Waals surface area contributed by atoms with Crippen molar-refractivity contribution in [3.8, 4) is 0 Å². The predicted octanol–water partition coefficient (Wildman–Crippen LogP) is 2.62. The Hall–Kier alpha value is -2.15. The van der Waals surface area contributed by atoms with Crippen LogP contribution < -0.4 is 5.32 Å². The summed E-state index contributed by atoms with van der Waals surface area (Å²) in [5.74, 6) is -1.84. The van der Waals surface area contributed by atoms with Crippen LogP contribution in [0.4, 0.5) is 5.69 Å². The SMILES string of the molecule is CCC(CC)(NC(=O)c1ccc(Cl)c([N+](=O)[O-])c1)C(=O)O. The molecule has 21 heavy (non-hydrogen) atoms. The van der Waals surface area contributed by atoms with Crippen LogP contribution >= 0.6 is 11.6 Å². The van der Waals surface area contributed by atoms with Crippen molar-refractivity contribution in [3.05, 3.63) is 38.9 Å². The predicted molar refractivity (Wildman–Crippen MR) is 76.5 cm³/mol. The number of hydrogen-bond donors (Lipinski definition) is 2. The van der Waals surface area contributed by atoms with Gasteiger partial charge in [0.1, 0.15) is 10.6 Å². The summed E-state index contributed by atoms with van der Waals surface area (Å²) < 4.78 is 0. The molecule has 0 bridgehead atoms. The Bertz CT molecular complexity index is 584. The average Bonchev–Trinajstić information content (AvgIpc) is 2.44. The van der Waals surface area contributed by atoms with Crippen LogP contribution in [0, 0.1) is 10.1 Å². The van der Waals surface area contributed by atoms with E-state index in [1.54, 1.807) is 13.8 Å². The number of benzene rings is 1. The summed E-state index contributed by atoms with van der Waals surface area (Å²) in [6.07, 6.45) is 0.389. The van der Waals surface area contributed by atoms with Crippen molar-refractivity contribution in [3.63, 3.8) is 0 Å². The number of nitrogens with one attached hydrogen (secondary N) is 1. The Labute approximate surface area is 126 Å². The quantitative estimate of drug-likeness (QED) is 0.619. The molecule has 0 unspecified atom stereocenters. The summed E-state index contributed by atoms with van der Waals surface area (Å²) in [4.78, 5) is 33.6. The van der Waals surface area contributed by atoms with E-state index in [1.165, 1.54) is 12.1 Å². The van der Waals surface area contributed by atoms with Gasteiger partial charge < -0.3 is 10.4 Å². The van der Waals surface area contributed by atoms with E-state index in [4.69, 9.17) is 11.6 Å². The first kappa shape index (κ1) is 16.9. The van der Waals surface area contributed by atoms with Gasteiger partial charge in [-0.25, -0.2) is 4.79 Å². The summed E-state index contributed by atoms with van der Waals surface area (Å²) >= 11 is 5.67. The molecule has 0 fully saturated rings. The number of carboxylic acid groups (broad SMARTS) is 1. The highest BCUT2D eigenvalue weighted by atomic mass is 35.5. The maximum Gasteiger partial charge on any atom is 0.329 e. The number of hydrogen-bond acceptors (Lipinski definition) is 4. The standard InChI is InChI=1S/C13H15ClN2O5/c1-3-13(4-2,12(18)19)15-11(17)8-5-6-9(14)10(7-8)16(20)21/h5-7H,3-4H2,1-2H3,(H,15,17)(H,18,19). The number of rotatable bonds is 6. The second-order valence-electron chi connectivity index (χ2n) is 4.47. The van der Waals surface area contributed by atoms with Crippen molar-refractivity contribution in [2.24, 2.45) is 0 Å². The molecule has 0 atom stereocenters. The van der Waals surface area contributed by atoms with E-state index in [-0.39, 0.29) is 23.4 Å².